The van der Waals surface area contributed by atoms with Crippen LogP contribution in [0.25, 0.3) is 16.6 Å². The molecule has 1 unspecified atom stereocenters. The molecule has 12 heteroatoms. The molecule has 1 aliphatic rings. The van der Waals surface area contributed by atoms with Crippen molar-refractivity contribution < 1.29 is 13.2 Å². The summed E-state index contributed by atoms with van der Waals surface area (Å²) in [4.78, 5) is 15.1. The van der Waals surface area contributed by atoms with Crippen molar-refractivity contribution in [1.82, 2.24) is 33.3 Å². The fraction of sp³-hybridized carbons (Fsp3) is 0.444. The van der Waals surface area contributed by atoms with Crippen molar-refractivity contribution in [3.05, 3.63) is 70.0 Å². The maximum absolute atomic E-state index is 13.2. The summed E-state index contributed by atoms with van der Waals surface area (Å²) in [6, 6.07) is 5.70. The number of rotatable bonds is 7. The predicted octanol–water partition coefficient (Wildman–Crippen LogP) is 4.88. The van der Waals surface area contributed by atoms with Gasteiger partial charge in [0.25, 0.3) is 5.56 Å². The molecule has 5 rings (SSSR count). The lowest BCUT2D eigenvalue weighted by molar-refractivity contribution is -0.140. The highest BCUT2D eigenvalue weighted by atomic mass is 32.2. The highest BCUT2D eigenvalue weighted by molar-refractivity contribution is 7.97. The normalized spacial score (nSPS) is 17.4. The Morgan fingerprint density at radius 2 is 1.85 bits per heavy atom. The van der Waals surface area contributed by atoms with Crippen molar-refractivity contribution in [3.63, 3.8) is 0 Å². The van der Waals surface area contributed by atoms with E-state index < -0.39 is 12.6 Å². The van der Waals surface area contributed by atoms with E-state index in [0.717, 1.165) is 39.2 Å². The van der Waals surface area contributed by atoms with Crippen molar-refractivity contribution in [1.29, 1.82) is 0 Å². The van der Waals surface area contributed by atoms with Gasteiger partial charge in [0.2, 0.25) is 0 Å². The summed E-state index contributed by atoms with van der Waals surface area (Å²) < 4.78 is 47.0. The highest BCUT2D eigenvalue weighted by Crippen LogP contribution is 2.36. The summed E-state index contributed by atoms with van der Waals surface area (Å²) in [6.45, 7) is 8.30. The molecule has 1 aliphatic heterocycles. The number of aryl methyl sites for hydroxylation is 4. The summed E-state index contributed by atoms with van der Waals surface area (Å²) in [7, 11) is 1.71. The maximum atomic E-state index is 13.2. The molecule has 0 N–H and O–H groups in total. The van der Waals surface area contributed by atoms with Crippen molar-refractivity contribution >= 4 is 22.9 Å². The third kappa shape index (κ3) is 5.92. The van der Waals surface area contributed by atoms with E-state index in [1.807, 2.05) is 48.0 Å². The Balaban J connectivity index is 1.48. The average Bonchev–Trinajstić information content (AvgIpc) is 3.51. The van der Waals surface area contributed by atoms with Crippen LogP contribution in [-0.4, -0.2) is 65.7 Å². The van der Waals surface area contributed by atoms with Crippen LogP contribution in [0.5, 0.6) is 0 Å². The molecule has 0 saturated carbocycles. The minimum absolute atomic E-state index is 0.0471. The van der Waals surface area contributed by atoms with Crippen LogP contribution in [0, 0.1) is 13.8 Å². The molecule has 1 aromatic carbocycles. The molecule has 1 atom stereocenters. The lowest BCUT2D eigenvalue weighted by Gasteiger charge is -2.41. The Bertz CT molecular complexity index is 1510. The molecule has 0 aliphatic carbocycles. The molecule has 0 spiro atoms. The zero-order valence-corrected chi connectivity index (χ0v) is 23.3. The number of hydrogen-bond donors (Lipinski definition) is 0. The zero-order chi connectivity index (χ0) is 27.9. The van der Waals surface area contributed by atoms with Gasteiger partial charge in [-0.1, -0.05) is 0 Å². The van der Waals surface area contributed by atoms with Crippen LogP contribution in [0.2, 0.25) is 0 Å². The van der Waals surface area contributed by atoms with Crippen LogP contribution in [0.3, 0.4) is 0 Å². The van der Waals surface area contributed by atoms with Crippen LogP contribution in [0.1, 0.15) is 36.1 Å². The Labute approximate surface area is 229 Å². The maximum Gasteiger partial charge on any atom is 0.390 e. The monoisotopic (exact) mass is 559 g/mol. The second-order valence-corrected chi connectivity index (χ2v) is 11.2. The number of halogens is 3. The second-order valence-electron chi connectivity index (χ2n) is 10.0. The van der Waals surface area contributed by atoms with E-state index in [2.05, 4.69) is 20.6 Å². The smallest absolute Gasteiger partial charge is 0.316 e. The Morgan fingerprint density at radius 1 is 1.05 bits per heavy atom. The van der Waals surface area contributed by atoms with E-state index >= 15 is 0 Å². The first-order chi connectivity index (χ1) is 18.5. The minimum Gasteiger partial charge on any atom is -0.316 e. The quantitative estimate of drug-likeness (QED) is 0.301. The molecule has 0 bridgehead atoms. The van der Waals surface area contributed by atoms with Crippen LogP contribution < -0.4 is 5.56 Å². The zero-order valence-electron chi connectivity index (χ0n) is 22.4. The van der Waals surface area contributed by atoms with E-state index in [4.69, 9.17) is 0 Å². The summed E-state index contributed by atoms with van der Waals surface area (Å²) in [5.41, 5.74) is 4.20. The molecule has 1 saturated heterocycles. The van der Waals surface area contributed by atoms with E-state index in [-0.39, 0.29) is 18.1 Å². The number of aromatic nitrogens is 5. The third-order valence-corrected chi connectivity index (χ3v) is 8.22. The lowest BCUT2D eigenvalue weighted by Crippen LogP contribution is -2.47. The van der Waals surface area contributed by atoms with Crippen LogP contribution in [0.15, 0.2) is 52.7 Å². The van der Waals surface area contributed by atoms with Crippen molar-refractivity contribution in [3.8, 4) is 5.69 Å². The van der Waals surface area contributed by atoms with Gasteiger partial charge in [-0.3, -0.25) is 14.4 Å². The van der Waals surface area contributed by atoms with E-state index in [0.29, 0.717) is 25.2 Å². The highest BCUT2D eigenvalue weighted by Gasteiger charge is 2.34. The average molecular weight is 560 g/mol. The lowest BCUT2D eigenvalue weighted by atomic mass is 9.96. The van der Waals surface area contributed by atoms with Gasteiger partial charge < -0.3 is 4.57 Å². The molecule has 1 fully saturated rings. The Hall–Kier alpha value is -3.09. The Kier molecular flexibility index (Phi) is 7.62. The van der Waals surface area contributed by atoms with Gasteiger partial charge in [0, 0.05) is 69.2 Å². The van der Waals surface area contributed by atoms with Gasteiger partial charge in [0.15, 0.2) is 0 Å². The predicted molar refractivity (Wildman–Crippen MR) is 146 cm³/mol. The number of hydrogen-bond acceptors (Lipinski definition) is 6. The van der Waals surface area contributed by atoms with Crippen LogP contribution >= 0.6 is 11.9 Å². The summed E-state index contributed by atoms with van der Waals surface area (Å²) in [5, 5.41) is 9.83. The first kappa shape index (κ1) is 27.5. The van der Waals surface area contributed by atoms with Crippen molar-refractivity contribution in [2.45, 2.75) is 50.9 Å². The molecule has 208 valence electrons. The van der Waals surface area contributed by atoms with Gasteiger partial charge >= 0.3 is 6.18 Å². The minimum atomic E-state index is -4.21. The summed E-state index contributed by atoms with van der Waals surface area (Å²) in [6.07, 6.45) is 2.28. The van der Waals surface area contributed by atoms with Gasteiger partial charge in [-0.25, -0.2) is 8.99 Å². The first-order valence-electron chi connectivity index (χ1n) is 12.9. The number of piperazine rings is 1. The molecule has 3 aromatic heterocycles. The molecular weight excluding hydrogens is 527 g/mol. The SMILES string of the molecule is CCn1cc(SN2CCN(CCC(F)(F)F)C(c3cc4cnn(-c5cc(C)c(=O)n(C)c5)c4cc3C)C2)cn1. The van der Waals surface area contributed by atoms with Crippen LogP contribution in [-0.2, 0) is 13.6 Å². The second kappa shape index (κ2) is 10.8. The number of benzene rings is 1. The Morgan fingerprint density at radius 3 is 2.54 bits per heavy atom. The molecule has 39 heavy (non-hydrogen) atoms. The largest absolute Gasteiger partial charge is 0.390 e. The molecule has 8 nitrogen and oxygen atoms in total. The van der Waals surface area contributed by atoms with E-state index in [1.165, 1.54) is 4.57 Å². The number of pyridine rings is 1. The third-order valence-electron chi connectivity index (χ3n) is 7.21. The standard InChI is InChI=1S/C27H32F3N7OS/c1-5-35-16-22(14-31-35)39-36-9-8-34(7-6-27(28,29)30)25(17-36)23-12-20-13-32-37(24(20)11-18(23)2)21-10-19(3)26(38)33(4)15-21/h10-16,25H,5-9,17H2,1-4H3. The van der Waals surface area contributed by atoms with Gasteiger partial charge in [-0.15, -0.1) is 0 Å². The van der Waals surface area contributed by atoms with Crippen molar-refractivity contribution in [2.75, 3.05) is 26.2 Å². The van der Waals surface area contributed by atoms with Crippen LogP contribution in [0.4, 0.5) is 13.2 Å². The fourth-order valence-electron chi connectivity index (χ4n) is 5.16. The van der Waals surface area contributed by atoms with E-state index in [9.17, 15) is 18.0 Å². The van der Waals surface area contributed by atoms with E-state index in [1.54, 1.807) is 43.0 Å². The summed E-state index contributed by atoms with van der Waals surface area (Å²) in [5.74, 6) is 0. The molecular formula is C27H32F3N7OS. The molecule has 0 radical (unpaired) electrons. The molecule has 4 aromatic rings. The van der Waals surface area contributed by atoms with Gasteiger partial charge in [-0.05, 0) is 62.0 Å². The van der Waals surface area contributed by atoms with Gasteiger partial charge in [-0.2, -0.15) is 23.4 Å². The topological polar surface area (TPSA) is 64.1 Å². The fourth-order valence-corrected chi connectivity index (χ4v) is 6.11. The molecule has 4 heterocycles. The van der Waals surface area contributed by atoms with Gasteiger partial charge in [0.1, 0.15) is 0 Å². The van der Waals surface area contributed by atoms with Crippen molar-refractivity contribution in [2.24, 2.45) is 7.05 Å². The number of nitrogens with zero attached hydrogens (tertiary/aromatic N) is 7. The first-order valence-corrected chi connectivity index (χ1v) is 13.7. The number of fused-ring (bicyclic) bond motifs is 1. The summed E-state index contributed by atoms with van der Waals surface area (Å²) >= 11 is 1.60. The number of alkyl halides is 3. The molecule has 0 amide bonds. The van der Waals surface area contributed by atoms with Gasteiger partial charge in [0.05, 0.1) is 34.9 Å².